The smallest absolute Gasteiger partial charge is 0.335 e. The van der Waals surface area contributed by atoms with Gasteiger partial charge in [0.15, 0.2) is 0 Å². The van der Waals surface area contributed by atoms with Gasteiger partial charge >= 0.3 is 5.97 Å². The van der Waals surface area contributed by atoms with E-state index >= 15 is 0 Å². The summed E-state index contributed by atoms with van der Waals surface area (Å²) in [5, 5.41) is 10.1. The van der Waals surface area contributed by atoms with Crippen LogP contribution in [0.5, 0.6) is 0 Å². The normalized spacial score (nSPS) is 12.4. The molecule has 0 spiro atoms. The number of fused-ring (bicyclic) bond motifs is 1. The van der Waals surface area contributed by atoms with Gasteiger partial charge in [0.05, 0.1) is 20.8 Å². The number of hydrogen-bond donors (Lipinski definition) is 1. The maximum atomic E-state index is 11.1. The van der Waals surface area contributed by atoms with Crippen LogP contribution in [-0.4, -0.2) is 32.3 Å². The third-order valence-electron chi connectivity index (χ3n) is 4.31. The number of aromatic nitrogens is 3. The van der Waals surface area contributed by atoms with Crippen LogP contribution in [0.15, 0.2) is 35.5 Å². The quantitative estimate of drug-likeness (QED) is 0.564. The number of carbonyl (C=O) groups is 1. The predicted octanol–water partition coefficient (Wildman–Crippen LogP) is 4.71. The van der Waals surface area contributed by atoms with Gasteiger partial charge in [-0.2, -0.15) is 0 Å². The summed E-state index contributed by atoms with van der Waals surface area (Å²) in [5.41, 5.74) is 1.19. The Labute approximate surface area is 160 Å². The van der Waals surface area contributed by atoms with Gasteiger partial charge in [0, 0.05) is 23.7 Å². The third-order valence-corrected chi connectivity index (χ3v) is 6.07. The zero-order valence-corrected chi connectivity index (χ0v) is 16.4. The van der Waals surface area contributed by atoms with Gasteiger partial charge in [-0.3, -0.25) is 0 Å². The Kier molecular flexibility index (Phi) is 6.21. The van der Waals surface area contributed by atoms with Crippen molar-refractivity contribution in [3.8, 4) is 0 Å². The molecular formula is C19H21N3O2S2. The summed E-state index contributed by atoms with van der Waals surface area (Å²) in [6.07, 6.45) is 9.67. The molecule has 0 aliphatic carbocycles. The molecule has 3 aromatic rings. The molecule has 0 aliphatic heterocycles. The van der Waals surface area contributed by atoms with Crippen LogP contribution in [0.2, 0.25) is 0 Å². The van der Waals surface area contributed by atoms with Crippen LogP contribution in [0.1, 0.15) is 41.0 Å². The molecule has 7 heteroatoms. The highest BCUT2D eigenvalue weighted by Crippen LogP contribution is 2.25. The Morgan fingerprint density at radius 3 is 2.65 bits per heavy atom. The number of aromatic carboxylic acids is 1. The first-order valence-electron chi connectivity index (χ1n) is 8.53. The molecule has 0 saturated heterocycles. The van der Waals surface area contributed by atoms with Crippen molar-refractivity contribution in [1.29, 1.82) is 0 Å². The molecule has 0 unspecified atom stereocenters. The minimum absolute atomic E-state index is 0.313. The standard InChI is InChI=1S/C19H21N3O2S2/c1-12(3-7-17-20-10-14(25-2)11-21-17)4-8-18-22-15-6-5-13(19(23)24)9-16(15)26-18/h5-6,9-12H,3-4,7-8H2,1-2H3,(H,23,24)/t12-/m0/s1. The average molecular weight is 388 g/mol. The van der Waals surface area contributed by atoms with Crippen molar-refractivity contribution in [2.75, 3.05) is 6.26 Å². The first-order valence-corrected chi connectivity index (χ1v) is 10.6. The largest absolute Gasteiger partial charge is 0.478 e. The molecule has 0 fully saturated rings. The number of carboxylic acid groups (broad SMARTS) is 1. The molecule has 0 radical (unpaired) electrons. The summed E-state index contributed by atoms with van der Waals surface area (Å²) in [6.45, 7) is 2.24. The van der Waals surface area contributed by atoms with E-state index < -0.39 is 5.97 Å². The van der Waals surface area contributed by atoms with E-state index in [1.165, 1.54) is 0 Å². The van der Waals surface area contributed by atoms with Gasteiger partial charge in [0.25, 0.3) is 0 Å². The van der Waals surface area contributed by atoms with E-state index in [-0.39, 0.29) is 0 Å². The number of carboxylic acids is 1. The molecule has 0 amide bonds. The second-order valence-corrected chi connectivity index (χ2v) is 8.31. The number of benzene rings is 1. The lowest BCUT2D eigenvalue weighted by molar-refractivity contribution is 0.0697. The van der Waals surface area contributed by atoms with E-state index in [1.807, 2.05) is 18.6 Å². The number of nitrogens with zero attached hydrogens (tertiary/aromatic N) is 3. The first kappa shape index (κ1) is 18.8. The van der Waals surface area contributed by atoms with Gasteiger partial charge < -0.3 is 5.11 Å². The molecule has 0 saturated carbocycles. The molecule has 5 nitrogen and oxygen atoms in total. The van der Waals surface area contributed by atoms with Crippen LogP contribution >= 0.6 is 23.1 Å². The van der Waals surface area contributed by atoms with Crippen molar-refractivity contribution >= 4 is 39.3 Å². The number of hydrogen-bond acceptors (Lipinski definition) is 6. The molecule has 3 rings (SSSR count). The Morgan fingerprint density at radius 2 is 1.96 bits per heavy atom. The summed E-state index contributed by atoms with van der Waals surface area (Å²) < 4.78 is 0.940. The molecule has 0 aliphatic rings. The van der Waals surface area contributed by atoms with Crippen LogP contribution < -0.4 is 0 Å². The predicted molar refractivity (Wildman–Crippen MR) is 106 cm³/mol. The third kappa shape index (κ3) is 4.80. The van der Waals surface area contributed by atoms with Gasteiger partial charge in [-0.1, -0.05) is 6.92 Å². The summed E-state index contributed by atoms with van der Waals surface area (Å²) in [6, 6.07) is 5.11. The van der Waals surface area contributed by atoms with Crippen molar-refractivity contribution in [3.63, 3.8) is 0 Å². The molecule has 2 aromatic heterocycles. The second-order valence-electron chi connectivity index (χ2n) is 6.32. The van der Waals surface area contributed by atoms with Crippen molar-refractivity contribution in [2.24, 2.45) is 5.92 Å². The van der Waals surface area contributed by atoms with Crippen LogP contribution in [0.25, 0.3) is 10.2 Å². The van der Waals surface area contributed by atoms with Crippen LogP contribution in [0, 0.1) is 5.92 Å². The van der Waals surface area contributed by atoms with E-state index in [0.29, 0.717) is 11.5 Å². The first-order chi connectivity index (χ1) is 12.5. The van der Waals surface area contributed by atoms with Crippen molar-refractivity contribution < 1.29 is 9.90 Å². The Morgan fingerprint density at radius 1 is 1.23 bits per heavy atom. The van der Waals surface area contributed by atoms with Gasteiger partial charge in [0.2, 0.25) is 0 Å². The van der Waals surface area contributed by atoms with E-state index in [1.54, 1.807) is 41.3 Å². The highest BCUT2D eigenvalue weighted by molar-refractivity contribution is 7.98. The van der Waals surface area contributed by atoms with Crippen LogP contribution in [0.4, 0.5) is 0 Å². The van der Waals surface area contributed by atoms with Crippen LogP contribution in [0.3, 0.4) is 0 Å². The molecule has 26 heavy (non-hydrogen) atoms. The molecule has 1 aromatic carbocycles. The van der Waals surface area contributed by atoms with Crippen molar-refractivity contribution in [3.05, 3.63) is 47.0 Å². The Bertz CT molecular complexity index is 893. The lowest BCUT2D eigenvalue weighted by Gasteiger charge is -2.09. The second kappa shape index (κ2) is 8.60. The topological polar surface area (TPSA) is 76.0 Å². The molecule has 136 valence electrons. The van der Waals surface area contributed by atoms with E-state index in [9.17, 15) is 4.79 Å². The van der Waals surface area contributed by atoms with E-state index in [2.05, 4.69) is 21.9 Å². The molecule has 1 atom stereocenters. The molecule has 2 heterocycles. The highest BCUT2D eigenvalue weighted by Gasteiger charge is 2.10. The Hall–Kier alpha value is -1.99. The van der Waals surface area contributed by atoms with Gasteiger partial charge in [-0.25, -0.2) is 19.7 Å². The monoisotopic (exact) mass is 387 g/mol. The fourth-order valence-corrected chi connectivity index (χ4v) is 4.02. The van der Waals surface area contributed by atoms with Crippen molar-refractivity contribution in [1.82, 2.24) is 15.0 Å². The lowest BCUT2D eigenvalue weighted by Crippen LogP contribution is -2.02. The number of aryl methyl sites for hydroxylation is 2. The molecule has 0 bridgehead atoms. The Balaban J connectivity index is 1.52. The summed E-state index contributed by atoms with van der Waals surface area (Å²) in [5.74, 6) is 0.555. The summed E-state index contributed by atoms with van der Waals surface area (Å²) in [7, 11) is 0. The fourth-order valence-electron chi connectivity index (χ4n) is 2.68. The maximum Gasteiger partial charge on any atom is 0.335 e. The fraction of sp³-hybridized carbons (Fsp3) is 0.368. The SMILES string of the molecule is CSc1cnc(CC[C@H](C)CCc2nc3ccc(C(=O)O)cc3s2)nc1. The minimum atomic E-state index is -0.900. The lowest BCUT2D eigenvalue weighted by atomic mass is 10.00. The minimum Gasteiger partial charge on any atom is -0.478 e. The number of rotatable bonds is 8. The van der Waals surface area contributed by atoms with E-state index in [0.717, 1.165) is 51.6 Å². The highest BCUT2D eigenvalue weighted by atomic mass is 32.2. The summed E-state index contributed by atoms with van der Waals surface area (Å²) >= 11 is 3.24. The van der Waals surface area contributed by atoms with Gasteiger partial charge in [-0.05, 0) is 49.6 Å². The average Bonchev–Trinajstić information content (AvgIpc) is 3.07. The number of thiazole rings is 1. The maximum absolute atomic E-state index is 11.1. The van der Waals surface area contributed by atoms with Gasteiger partial charge in [-0.15, -0.1) is 23.1 Å². The molecular weight excluding hydrogens is 366 g/mol. The van der Waals surface area contributed by atoms with Gasteiger partial charge in [0.1, 0.15) is 5.82 Å². The van der Waals surface area contributed by atoms with E-state index in [4.69, 9.17) is 5.11 Å². The molecule has 1 N–H and O–H groups in total. The zero-order valence-electron chi connectivity index (χ0n) is 14.8. The summed E-state index contributed by atoms with van der Waals surface area (Å²) in [4.78, 5) is 25.6. The van der Waals surface area contributed by atoms with Crippen LogP contribution in [-0.2, 0) is 12.8 Å². The van der Waals surface area contributed by atoms with Crippen molar-refractivity contribution in [2.45, 2.75) is 37.5 Å². The zero-order chi connectivity index (χ0) is 18.5. The number of thioether (sulfide) groups is 1.